The minimum absolute atomic E-state index is 0.0177. The second kappa shape index (κ2) is 7.40. The lowest BCUT2D eigenvalue weighted by molar-refractivity contribution is 0.0658. The maximum absolute atomic E-state index is 12.7. The van der Waals surface area contributed by atoms with Gasteiger partial charge >= 0.3 is 0 Å². The third-order valence-electron chi connectivity index (χ3n) is 4.32. The van der Waals surface area contributed by atoms with Crippen molar-refractivity contribution in [1.29, 1.82) is 0 Å². The van der Waals surface area contributed by atoms with E-state index in [1.165, 1.54) is 6.33 Å². The Hall–Kier alpha value is -2.47. The third kappa shape index (κ3) is 3.54. The average molecular weight is 325 g/mol. The van der Waals surface area contributed by atoms with Gasteiger partial charge in [0, 0.05) is 44.5 Å². The highest BCUT2D eigenvalue weighted by Crippen LogP contribution is 2.23. The van der Waals surface area contributed by atoms with Crippen LogP contribution in [0.2, 0.25) is 0 Å². The predicted molar refractivity (Wildman–Crippen MR) is 94.6 cm³/mol. The van der Waals surface area contributed by atoms with Crippen molar-refractivity contribution in [2.45, 2.75) is 6.92 Å². The molecule has 6 nitrogen and oxygen atoms in total. The number of hydrogen-bond acceptors (Lipinski definition) is 5. The molecule has 0 spiro atoms. The lowest BCUT2D eigenvalue weighted by Crippen LogP contribution is -2.47. The number of para-hydroxylation sites is 1. The molecule has 1 amide bonds. The van der Waals surface area contributed by atoms with Gasteiger partial charge in [0.15, 0.2) is 0 Å². The Bertz CT molecular complexity index is 683. The number of likely N-dealkylation sites (N-methyl/N-ethyl adjacent to an activating group) is 1. The zero-order valence-electron chi connectivity index (χ0n) is 14.2. The fourth-order valence-corrected chi connectivity index (χ4v) is 2.87. The average Bonchev–Trinajstić information content (AvgIpc) is 2.64. The maximum Gasteiger partial charge on any atom is 0.272 e. The molecule has 0 N–H and O–H groups in total. The summed E-state index contributed by atoms with van der Waals surface area (Å²) in [6, 6.07) is 11.8. The van der Waals surface area contributed by atoms with Crippen molar-refractivity contribution in [3.8, 4) is 0 Å². The van der Waals surface area contributed by atoms with Gasteiger partial charge in [-0.2, -0.15) is 0 Å². The van der Waals surface area contributed by atoms with E-state index in [1.807, 2.05) is 35.2 Å². The molecule has 1 aliphatic rings. The standard InChI is InChI=1S/C18H23N5O/c1-3-23(15-7-5-4-6-8-15)17-13-16(19-14-20-17)18(24)22-11-9-21(2)10-12-22/h4-8,13-14H,3,9-12H2,1-2H3. The van der Waals surface area contributed by atoms with Gasteiger partial charge in [-0.05, 0) is 26.1 Å². The normalized spacial score (nSPS) is 15.3. The number of amides is 1. The first-order chi connectivity index (χ1) is 11.7. The summed E-state index contributed by atoms with van der Waals surface area (Å²) >= 11 is 0. The SMILES string of the molecule is CCN(c1ccccc1)c1cc(C(=O)N2CCN(C)CC2)ncn1. The van der Waals surface area contributed by atoms with Crippen LogP contribution in [0.1, 0.15) is 17.4 Å². The van der Waals surface area contributed by atoms with Crippen LogP contribution in [0, 0.1) is 0 Å². The van der Waals surface area contributed by atoms with Crippen LogP contribution in [0.25, 0.3) is 0 Å². The summed E-state index contributed by atoms with van der Waals surface area (Å²) in [4.78, 5) is 27.4. The van der Waals surface area contributed by atoms with Gasteiger partial charge in [-0.1, -0.05) is 18.2 Å². The zero-order valence-corrected chi connectivity index (χ0v) is 14.2. The van der Waals surface area contributed by atoms with Gasteiger partial charge in [-0.3, -0.25) is 4.79 Å². The van der Waals surface area contributed by atoms with E-state index in [1.54, 1.807) is 6.07 Å². The Labute approximate surface area is 142 Å². The van der Waals surface area contributed by atoms with Crippen LogP contribution >= 0.6 is 0 Å². The van der Waals surface area contributed by atoms with Crippen molar-refractivity contribution < 1.29 is 4.79 Å². The Balaban J connectivity index is 1.82. The molecule has 0 atom stereocenters. The fourth-order valence-electron chi connectivity index (χ4n) is 2.87. The molecule has 0 radical (unpaired) electrons. The molecule has 6 heteroatoms. The van der Waals surface area contributed by atoms with Gasteiger partial charge in [0.05, 0.1) is 0 Å². The Morgan fingerprint density at radius 3 is 2.50 bits per heavy atom. The smallest absolute Gasteiger partial charge is 0.272 e. The van der Waals surface area contributed by atoms with Crippen molar-refractivity contribution in [2.24, 2.45) is 0 Å². The molecule has 0 unspecified atom stereocenters. The number of hydrogen-bond donors (Lipinski definition) is 0. The first-order valence-corrected chi connectivity index (χ1v) is 8.31. The van der Waals surface area contributed by atoms with E-state index in [4.69, 9.17) is 0 Å². The first kappa shape index (κ1) is 16.4. The summed E-state index contributed by atoms with van der Waals surface area (Å²) in [6.07, 6.45) is 1.48. The molecule has 0 bridgehead atoms. The molecule has 1 fully saturated rings. The van der Waals surface area contributed by atoms with E-state index >= 15 is 0 Å². The van der Waals surface area contributed by atoms with Crippen molar-refractivity contribution >= 4 is 17.4 Å². The molecule has 2 aromatic rings. The number of piperazine rings is 1. The van der Waals surface area contributed by atoms with E-state index in [2.05, 4.69) is 33.7 Å². The van der Waals surface area contributed by atoms with Gasteiger partial charge in [0.2, 0.25) is 0 Å². The minimum atomic E-state index is -0.0177. The highest BCUT2D eigenvalue weighted by Gasteiger charge is 2.22. The molecule has 0 aliphatic carbocycles. The topological polar surface area (TPSA) is 52.6 Å². The van der Waals surface area contributed by atoms with Crippen LogP contribution in [-0.4, -0.2) is 65.4 Å². The summed E-state index contributed by atoms with van der Waals surface area (Å²) in [7, 11) is 2.07. The molecule has 1 saturated heterocycles. The molecule has 2 heterocycles. The van der Waals surface area contributed by atoms with Gasteiger partial charge in [-0.25, -0.2) is 9.97 Å². The number of aromatic nitrogens is 2. The molecular formula is C18H23N5O. The summed E-state index contributed by atoms with van der Waals surface area (Å²) in [5.74, 6) is 0.729. The Morgan fingerprint density at radius 1 is 1.12 bits per heavy atom. The van der Waals surface area contributed by atoms with Crippen LogP contribution < -0.4 is 4.90 Å². The van der Waals surface area contributed by atoms with Crippen LogP contribution in [-0.2, 0) is 0 Å². The molecule has 1 aromatic carbocycles. The van der Waals surface area contributed by atoms with Crippen LogP contribution in [0.15, 0.2) is 42.7 Å². The van der Waals surface area contributed by atoms with Crippen LogP contribution in [0.3, 0.4) is 0 Å². The molecule has 126 valence electrons. The van der Waals surface area contributed by atoms with Crippen LogP contribution in [0.5, 0.6) is 0 Å². The van der Waals surface area contributed by atoms with E-state index < -0.39 is 0 Å². The number of rotatable bonds is 4. The molecule has 3 rings (SSSR count). The van der Waals surface area contributed by atoms with Gasteiger partial charge in [-0.15, -0.1) is 0 Å². The fraction of sp³-hybridized carbons (Fsp3) is 0.389. The third-order valence-corrected chi connectivity index (χ3v) is 4.32. The van der Waals surface area contributed by atoms with Gasteiger partial charge in [0.1, 0.15) is 17.8 Å². The summed E-state index contributed by atoms with van der Waals surface area (Å²) in [5, 5.41) is 0. The van der Waals surface area contributed by atoms with Crippen molar-refractivity contribution in [2.75, 3.05) is 44.7 Å². The van der Waals surface area contributed by atoms with Crippen molar-refractivity contribution in [1.82, 2.24) is 19.8 Å². The highest BCUT2D eigenvalue weighted by atomic mass is 16.2. The molecule has 1 aromatic heterocycles. The molecular weight excluding hydrogens is 302 g/mol. The summed E-state index contributed by atoms with van der Waals surface area (Å²) in [6.45, 7) is 6.11. The predicted octanol–water partition coefficient (Wildman–Crippen LogP) is 2.02. The molecule has 0 saturated carbocycles. The van der Waals surface area contributed by atoms with Gasteiger partial charge < -0.3 is 14.7 Å². The number of carbonyl (C=O) groups excluding carboxylic acids is 1. The largest absolute Gasteiger partial charge is 0.335 e. The van der Waals surface area contributed by atoms with E-state index in [-0.39, 0.29) is 5.91 Å². The summed E-state index contributed by atoms with van der Waals surface area (Å²) < 4.78 is 0. The maximum atomic E-state index is 12.7. The number of carbonyl (C=O) groups is 1. The highest BCUT2D eigenvalue weighted by molar-refractivity contribution is 5.93. The molecule has 24 heavy (non-hydrogen) atoms. The monoisotopic (exact) mass is 325 g/mol. The van der Waals surface area contributed by atoms with E-state index in [9.17, 15) is 4.79 Å². The molecule has 1 aliphatic heterocycles. The van der Waals surface area contributed by atoms with Crippen LogP contribution in [0.4, 0.5) is 11.5 Å². The quantitative estimate of drug-likeness (QED) is 0.861. The first-order valence-electron chi connectivity index (χ1n) is 8.31. The summed E-state index contributed by atoms with van der Waals surface area (Å²) in [5.41, 5.74) is 1.51. The Morgan fingerprint density at radius 2 is 1.83 bits per heavy atom. The lowest BCUT2D eigenvalue weighted by Gasteiger charge is -2.32. The zero-order chi connectivity index (χ0) is 16.9. The number of anilines is 2. The van der Waals surface area contributed by atoms with Crippen molar-refractivity contribution in [3.05, 3.63) is 48.4 Å². The second-order valence-electron chi connectivity index (χ2n) is 5.94. The Kier molecular flexibility index (Phi) is 5.05. The van der Waals surface area contributed by atoms with Gasteiger partial charge in [0.25, 0.3) is 5.91 Å². The minimum Gasteiger partial charge on any atom is -0.335 e. The number of nitrogens with zero attached hydrogens (tertiary/aromatic N) is 5. The number of benzene rings is 1. The van der Waals surface area contributed by atoms with E-state index in [0.29, 0.717) is 5.69 Å². The lowest BCUT2D eigenvalue weighted by atomic mass is 10.2. The van der Waals surface area contributed by atoms with E-state index in [0.717, 1.165) is 44.2 Å². The van der Waals surface area contributed by atoms with Crippen molar-refractivity contribution in [3.63, 3.8) is 0 Å². The second-order valence-corrected chi connectivity index (χ2v) is 5.94.